The SMILES string of the molecule is CC[C@H](C)CCC(O)(CC)CC. The van der Waals surface area contributed by atoms with Gasteiger partial charge in [-0.3, -0.25) is 0 Å². The van der Waals surface area contributed by atoms with Gasteiger partial charge in [0, 0.05) is 0 Å². The van der Waals surface area contributed by atoms with Crippen LogP contribution >= 0.6 is 0 Å². The maximum Gasteiger partial charge on any atom is 0.0642 e. The first-order valence-electron chi connectivity index (χ1n) is 5.30. The molecule has 0 saturated heterocycles. The van der Waals surface area contributed by atoms with Crippen molar-refractivity contribution in [1.29, 1.82) is 0 Å². The second-order valence-electron chi connectivity index (χ2n) is 3.98. The molecule has 1 nitrogen and oxygen atoms in total. The molecular formula is C11H24O. The first kappa shape index (κ1) is 12.0. The normalized spacial score (nSPS) is 14.8. The van der Waals surface area contributed by atoms with Crippen LogP contribution in [0, 0.1) is 5.92 Å². The Labute approximate surface area is 77.2 Å². The number of rotatable bonds is 6. The van der Waals surface area contributed by atoms with Crippen molar-refractivity contribution in [1.82, 2.24) is 0 Å². The summed E-state index contributed by atoms with van der Waals surface area (Å²) in [7, 11) is 0. The van der Waals surface area contributed by atoms with Crippen molar-refractivity contribution in [2.45, 2.75) is 65.4 Å². The summed E-state index contributed by atoms with van der Waals surface area (Å²) in [6.45, 7) is 8.60. The van der Waals surface area contributed by atoms with Crippen molar-refractivity contribution in [3.8, 4) is 0 Å². The van der Waals surface area contributed by atoms with Gasteiger partial charge in [0.15, 0.2) is 0 Å². The van der Waals surface area contributed by atoms with E-state index >= 15 is 0 Å². The minimum absolute atomic E-state index is 0.385. The summed E-state index contributed by atoms with van der Waals surface area (Å²) in [5, 5.41) is 9.97. The average Bonchev–Trinajstić information content (AvgIpc) is 2.13. The predicted molar refractivity (Wildman–Crippen MR) is 54.2 cm³/mol. The van der Waals surface area contributed by atoms with E-state index in [2.05, 4.69) is 27.7 Å². The number of hydrogen-bond donors (Lipinski definition) is 1. The molecule has 74 valence electrons. The van der Waals surface area contributed by atoms with Crippen molar-refractivity contribution in [2.75, 3.05) is 0 Å². The van der Waals surface area contributed by atoms with E-state index in [-0.39, 0.29) is 5.60 Å². The molecule has 1 atom stereocenters. The summed E-state index contributed by atoms with van der Waals surface area (Å²) >= 11 is 0. The lowest BCUT2D eigenvalue weighted by Crippen LogP contribution is -2.26. The second kappa shape index (κ2) is 5.58. The molecule has 0 aromatic heterocycles. The molecule has 0 aliphatic rings. The zero-order valence-electron chi connectivity index (χ0n) is 9.06. The highest BCUT2D eigenvalue weighted by Crippen LogP contribution is 2.24. The fourth-order valence-electron chi connectivity index (χ4n) is 1.32. The minimum atomic E-state index is -0.385. The van der Waals surface area contributed by atoms with Gasteiger partial charge in [0.2, 0.25) is 0 Å². The zero-order valence-corrected chi connectivity index (χ0v) is 9.06. The van der Waals surface area contributed by atoms with Crippen LogP contribution in [-0.4, -0.2) is 10.7 Å². The van der Waals surface area contributed by atoms with Gasteiger partial charge in [-0.1, -0.05) is 34.1 Å². The van der Waals surface area contributed by atoms with Gasteiger partial charge in [-0.25, -0.2) is 0 Å². The summed E-state index contributed by atoms with van der Waals surface area (Å²) in [5.74, 6) is 0.759. The molecule has 0 amide bonds. The molecule has 0 aliphatic carbocycles. The molecule has 0 fully saturated rings. The molecule has 1 heteroatoms. The highest BCUT2D eigenvalue weighted by atomic mass is 16.3. The van der Waals surface area contributed by atoms with Gasteiger partial charge in [-0.05, 0) is 31.6 Å². The molecule has 0 spiro atoms. The van der Waals surface area contributed by atoms with Gasteiger partial charge in [0.05, 0.1) is 5.60 Å². The highest BCUT2D eigenvalue weighted by molar-refractivity contribution is 4.75. The molecule has 1 N–H and O–H groups in total. The monoisotopic (exact) mass is 172 g/mol. The largest absolute Gasteiger partial charge is 0.390 e. The summed E-state index contributed by atoms with van der Waals surface area (Å²) in [6, 6.07) is 0. The van der Waals surface area contributed by atoms with E-state index in [1.54, 1.807) is 0 Å². The molecule has 0 bridgehead atoms. The summed E-state index contributed by atoms with van der Waals surface area (Å²) in [4.78, 5) is 0. The third-order valence-corrected chi connectivity index (χ3v) is 3.12. The minimum Gasteiger partial charge on any atom is -0.390 e. The molecule has 0 saturated carbocycles. The van der Waals surface area contributed by atoms with E-state index in [4.69, 9.17) is 0 Å². The molecule has 0 heterocycles. The number of hydrogen-bond acceptors (Lipinski definition) is 1. The Morgan fingerprint density at radius 3 is 2.00 bits per heavy atom. The van der Waals surface area contributed by atoms with Crippen molar-refractivity contribution < 1.29 is 5.11 Å². The Hall–Kier alpha value is -0.0400. The fraction of sp³-hybridized carbons (Fsp3) is 1.00. The maximum absolute atomic E-state index is 9.97. The van der Waals surface area contributed by atoms with E-state index in [1.165, 1.54) is 6.42 Å². The van der Waals surface area contributed by atoms with Crippen molar-refractivity contribution in [3.05, 3.63) is 0 Å². The van der Waals surface area contributed by atoms with Crippen LogP contribution in [0.3, 0.4) is 0 Å². The van der Waals surface area contributed by atoms with Crippen LogP contribution in [0.5, 0.6) is 0 Å². The van der Waals surface area contributed by atoms with Crippen LogP contribution < -0.4 is 0 Å². The molecule has 0 unspecified atom stereocenters. The van der Waals surface area contributed by atoms with Gasteiger partial charge in [-0.15, -0.1) is 0 Å². The highest BCUT2D eigenvalue weighted by Gasteiger charge is 2.21. The zero-order chi connectivity index (χ0) is 9.61. The van der Waals surface area contributed by atoms with Crippen LogP contribution in [-0.2, 0) is 0 Å². The Balaban J connectivity index is 3.72. The van der Waals surface area contributed by atoms with E-state index in [9.17, 15) is 5.11 Å². The molecule has 0 aromatic rings. The maximum atomic E-state index is 9.97. The van der Waals surface area contributed by atoms with Gasteiger partial charge >= 0.3 is 0 Å². The van der Waals surface area contributed by atoms with Gasteiger partial charge < -0.3 is 5.11 Å². The lowest BCUT2D eigenvalue weighted by Gasteiger charge is -2.26. The smallest absolute Gasteiger partial charge is 0.0642 e. The van der Waals surface area contributed by atoms with Crippen LogP contribution in [0.1, 0.15) is 59.8 Å². The molecule has 0 rings (SSSR count). The molecule has 12 heavy (non-hydrogen) atoms. The second-order valence-corrected chi connectivity index (χ2v) is 3.98. The quantitative estimate of drug-likeness (QED) is 0.651. The van der Waals surface area contributed by atoms with Crippen LogP contribution in [0.4, 0.5) is 0 Å². The Morgan fingerprint density at radius 1 is 1.17 bits per heavy atom. The standard InChI is InChI=1S/C11H24O/c1-5-10(4)8-9-11(12,6-2)7-3/h10,12H,5-9H2,1-4H3/t10-/m0/s1. The third-order valence-electron chi connectivity index (χ3n) is 3.12. The molecule has 0 aromatic carbocycles. The van der Waals surface area contributed by atoms with Gasteiger partial charge in [-0.2, -0.15) is 0 Å². The van der Waals surface area contributed by atoms with Crippen molar-refractivity contribution in [3.63, 3.8) is 0 Å². The van der Waals surface area contributed by atoms with Gasteiger partial charge in [0.1, 0.15) is 0 Å². The van der Waals surface area contributed by atoms with Gasteiger partial charge in [0.25, 0.3) is 0 Å². The Bertz CT molecular complexity index is 106. The summed E-state index contributed by atoms with van der Waals surface area (Å²) in [6.07, 6.45) is 5.13. The number of aliphatic hydroxyl groups is 1. The molecule has 0 radical (unpaired) electrons. The molecular weight excluding hydrogens is 148 g/mol. The Kier molecular flexibility index (Phi) is 5.56. The first-order valence-corrected chi connectivity index (χ1v) is 5.30. The average molecular weight is 172 g/mol. The Morgan fingerprint density at radius 2 is 1.67 bits per heavy atom. The third kappa shape index (κ3) is 4.10. The van der Waals surface area contributed by atoms with E-state index < -0.39 is 0 Å². The summed E-state index contributed by atoms with van der Waals surface area (Å²) < 4.78 is 0. The van der Waals surface area contributed by atoms with Crippen LogP contribution in [0.15, 0.2) is 0 Å². The lowest BCUT2D eigenvalue weighted by molar-refractivity contribution is 0.0180. The first-order chi connectivity index (χ1) is 5.58. The van der Waals surface area contributed by atoms with E-state index in [0.29, 0.717) is 0 Å². The van der Waals surface area contributed by atoms with Crippen molar-refractivity contribution >= 4 is 0 Å². The van der Waals surface area contributed by atoms with Crippen molar-refractivity contribution in [2.24, 2.45) is 5.92 Å². The fourth-order valence-corrected chi connectivity index (χ4v) is 1.32. The predicted octanol–water partition coefficient (Wildman–Crippen LogP) is 3.36. The van der Waals surface area contributed by atoms with E-state index in [1.807, 2.05) is 0 Å². The topological polar surface area (TPSA) is 20.2 Å². The van der Waals surface area contributed by atoms with Crippen LogP contribution in [0.2, 0.25) is 0 Å². The lowest BCUT2D eigenvalue weighted by atomic mass is 9.88. The molecule has 0 aliphatic heterocycles. The van der Waals surface area contributed by atoms with Crippen LogP contribution in [0.25, 0.3) is 0 Å². The summed E-state index contributed by atoms with van der Waals surface area (Å²) in [5.41, 5.74) is -0.385. The van der Waals surface area contributed by atoms with E-state index in [0.717, 1.165) is 31.6 Å².